The molecule has 9 heteroatoms. The van der Waals surface area contributed by atoms with E-state index in [4.69, 9.17) is 11.6 Å². The number of rotatable bonds is 6. The fraction of sp³-hybridized carbons (Fsp3) is 0.333. The molecule has 33 heavy (non-hydrogen) atoms. The number of fused-ring (bicyclic) bond motifs is 1. The Morgan fingerprint density at radius 1 is 1.18 bits per heavy atom. The summed E-state index contributed by atoms with van der Waals surface area (Å²) in [5.74, 6) is -0.482. The van der Waals surface area contributed by atoms with Crippen molar-refractivity contribution in [1.29, 1.82) is 0 Å². The summed E-state index contributed by atoms with van der Waals surface area (Å²) in [6.07, 6.45) is 3.42. The number of carbonyl (C=O) groups excluding carboxylic acids is 1. The smallest absolute Gasteiger partial charge is 0.252 e. The van der Waals surface area contributed by atoms with E-state index in [0.717, 1.165) is 31.2 Å². The average Bonchev–Trinajstić information content (AvgIpc) is 2.82. The highest BCUT2D eigenvalue weighted by Gasteiger charge is 2.32. The molecule has 1 unspecified atom stereocenters. The molecule has 3 aromatic rings. The average molecular weight is 488 g/mol. The van der Waals surface area contributed by atoms with Gasteiger partial charge in [-0.15, -0.1) is 0 Å². The summed E-state index contributed by atoms with van der Waals surface area (Å²) in [5.41, 5.74) is 0.808. The van der Waals surface area contributed by atoms with E-state index in [0.29, 0.717) is 22.5 Å². The Bertz CT molecular complexity index is 1350. The van der Waals surface area contributed by atoms with Gasteiger partial charge in [-0.05, 0) is 49.1 Å². The van der Waals surface area contributed by atoms with Gasteiger partial charge in [-0.2, -0.15) is 4.31 Å². The maximum atomic E-state index is 13.4. The van der Waals surface area contributed by atoms with E-state index in [9.17, 15) is 18.0 Å². The van der Waals surface area contributed by atoms with E-state index in [1.54, 1.807) is 28.6 Å². The minimum Gasteiger partial charge on any atom is -0.348 e. The van der Waals surface area contributed by atoms with Crippen molar-refractivity contribution in [3.05, 3.63) is 75.0 Å². The van der Waals surface area contributed by atoms with Crippen molar-refractivity contribution in [3.8, 4) is 0 Å². The minimum atomic E-state index is -3.74. The van der Waals surface area contributed by atoms with Crippen molar-refractivity contribution in [2.75, 3.05) is 6.54 Å². The third-order valence-electron chi connectivity index (χ3n) is 6.11. The van der Waals surface area contributed by atoms with Crippen LogP contribution in [0.25, 0.3) is 10.9 Å². The summed E-state index contributed by atoms with van der Waals surface area (Å²) in [6, 6.07) is 12.8. The number of H-pyrrole nitrogens is 1. The maximum absolute atomic E-state index is 13.4. The fourth-order valence-electron chi connectivity index (χ4n) is 4.33. The van der Waals surface area contributed by atoms with Crippen molar-refractivity contribution in [2.45, 2.75) is 50.1 Å². The van der Waals surface area contributed by atoms with Crippen LogP contribution in [0.2, 0.25) is 5.02 Å². The summed E-state index contributed by atoms with van der Waals surface area (Å²) >= 11 is 6.16. The highest BCUT2D eigenvalue weighted by Crippen LogP contribution is 2.29. The highest BCUT2D eigenvalue weighted by atomic mass is 35.5. The molecule has 0 aliphatic carbocycles. The summed E-state index contributed by atoms with van der Waals surface area (Å²) in [5, 5.41) is 3.67. The lowest BCUT2D eigenvalue weighted by Crippen LogP contribution is -2.43. The van der Waals surface area contributed by atoms with E-state index in [-0.39, 0.29) is 23.0 Å². The molecule has 2 heterocycles. The zero-order chi connectivity index (χ0) is 23.6. The molecule has 2 N–H and O–H groups in total. The van der Waals surface area contributed by atoms with Crippen LogP contribution in [-0.4, -0.2) is 36.2 Å². The molecule has 0 bridgehead atoms. The second-order valence-corrected chi connectivity index (χ2v) is 10.5. The quantitative estimate of drug-likeness (QED) is 0.547. The van der Waals surface area contributed by atoms with Crippen LogP contribution in [0.3, 0.4) is 0 Å². The largest absolute Gasteiger partial charge is 0.348 e. The molecule has 0 saturated carbocycles. The van der Waals surface area contributed by atoms with Gasteiger partial charge in [0.2, 0.25) is 15.6 Å². The normalized spacial score (nSPS) is 17.2. The number of hydrogen-bond donors (Lipinski definition) is 2. The lowest BCUT2D eigenvalue weighted by Gasteiger charge is -2.34. The van der Waals surface area contributed by atoms with Crippen LogP contribution in [0.5, 0.6) is 0 Å². The van der Waals surface area contributed by atoms with Gasteiger partial charge in [0, 0.05) is 41.1 Å². The van der Waals surface area contributed by atoms with Gasteiger partial charge in [-0.25, -0.2) is 8.42 Å². The van der Waals surface area contributed by atoms with Gasteiger partial charge in [-0.1, -0.05) is 43.1 Å². The molecule has 1 amide bonds. The Morgan fingerprint density at radius 2 is 1.97 bits per heavy atom. The van der Waals surface area contributed by atoms with Crippen LogP contribution >= 0.6 is 11.6 Å². The number of piperidine rings is 1. The van der Waals surface area contributed by atoms with Gasteiger partial charge in [0.15, 0.2) is 0 Å². The zero-order valence-corrected chi connectivity index (χ0v) is 19.9. The monoisotopic (exact) mass is 487 g/mol. The molecule has 0 radical (unpaired) electrons. The molecule has 1 aliphatic rings. The van der Waals surface area contributed by atoms with Crippen LogP contribution in [0, 0.1) is 0 Å². The number of benzene rings is 2. The summed E-state index contributed by atoms with van der Waals surface area (Å²) in [7, 11) is -3.74. The van der Waals surface area contributed by atoms with Crippen molar-refractivity contribution in [1.82, 2.24) is 14.6 Å². The van der Waals surface area contributed by atoms with Crippen molar-refractivity contribution >= 4 is 38.4 Å². The van der Waals surface area contributed by atoms with Gasteiger partial charge in [0.05, 0.1) is 10.5 Å². The Balaban J connectivity index is 1.70. The molecular weight excluding hydrogens is 462 g/mol. The SMILES string of the molecule is CCC1CCCCN1S(=O)(=O)c1ccc2[nH]c(=O)cc(C(=O)NCc3ccccc3Cl)c2c1. The van der Waals surface area contributed by atoms with E-state index in [2.05, 4.69) is 10.3 Å². The Morgan fingerprint density at radius 3 is 2.73 bits per heavy atom. The second-order valence-electron chi connectivity index (χ2n) is 8.20. The first-order valence-corrected chi connectivity index (χ1v) is 12.8. The Hall–Kier alpha value is -2.68. The zero-order valence-electron chi connectivity index (χ0n) is 18.3. The number of amides is 1. The lowest BCUT2D eigenvalue weighted by molar-refractivity contribution is 0.0952. The first-order chi connectivity index (χ1) is 15.8. The van der Waals surface area contributed by atoms with Crippen LogP contribution < -0.4 is 10.9 Å². The molecule has 1 aliphatic heterocycles. The van der Waals surface area contributed by atoms with E-state index < -0.39 is 21.5 Å². The predicted molar refractivity (Wildman–Crippen MR) is 129 cm³/mol. The molecule has 174 valence electrons. The number of sulfonamides is 1. The van der Waals surface area contributed by atoms with Gasteiger partial charge in [-0.3, -0.25) is 9.59 Å². The molecule has 1 saturated heterocycles. The minimum absolute atomic E-state index is 0.0339. The van der Waals surface area contributed by atoms with Crippen molar-refractivity contribution in [3.63, 3.8) is 0 Å². The summed E-state index contributed by atoms with van der Waals surface area (Å²) in [6.45, 7) is 2.65. The van der Waals surface area contributed by atoms with Gasteiger partial charge < -0.3 is 10.3 Å². The molecule has 1 fully saturated rings. The fourth-order valence-corrected chi connectivity index (χ4v) is 6.32. The topological polar surface area (TPSA) is 99.3 Å². The third kappa shape index (κ3) is 4.83. The van der Waals surface area contributed by atoms with Crippen LogP contribution in [-0.2, 0) is 16.6 Å². The Labute approximate surface area is 197 Å². The van der Waals surface area contributed by atoms with Crippen LogP contribution in [0.4, 0.5) is 0 Å². The number of carbonyl (C=O) groups is 1. The van der Waals surface area contributed by atoms with Crippen LogP contribution in [0.1, 0.15) is 48.5 Å². The highest BCUT2D eigenvalue weighted by molar-refractivity contribution is 7.89. The Kier molecular flexibility index (Phi) is 6.88. The molecule has 1 atom stereocenters. The summed E-state index contributed by atoms with van der Waals surface area (Å²) in [4.78, 5) is 27.9. The third-order valence-corrected chi connectivity index (χ3v) is 8.42. The second kappa shape index (κ2) is 9.67. The molecular formula is C24H26ClN3O4S. The number of nitrogens with one attached hydrogen (secondary N) is 2. The number of aromatic nitrogens is 1. The predicted octanol–water partition coefficient (Wildman–Crippen LogP) is 4.06. The molecule has 4 rings (SSSR count). The number of pyridine rings is 1. The summed E-state index contributed by atoms with van der Waals surface area (Å²) < 4.78 is 28.4. The number of hydrogen-bond acceptors (Lipinski definition) is 4. The molecule has 1 aromatic heterocycles. The van der Waals surface area contributed by atoms with Gasteiger partial charge >= 0.3 is 0 Å². The van der Waals surface area contributed by atoms with Gasteiger partial charge in [0.25, 0.3) is 5.91 Å². The molecule has 0 spiro atoms. The first kappa shape index (κ1) is 23.5. The van der Waals surface area contributed by atoms with E-state index in [1.165, 1.54) is 18.2 Å². The van der Waals surface area contributed by atoms with E-state index in [1.807, 2.05) is 13.0 Å². The number of nitrogens with zero attached hydrogens (tertiary/aromatic N) is 1. The van der Waals surface area contributed by atoms with Crippen molar-refractivity contribution in [2.24, 2.45) is 0 Å². The van der Waals surface area contributed by atoms with E-state index >= 15 is 0 Å². The van der Waals surface area contributed by atoms with Gasteiger partial charge in [0.1, 0.15) is 0 Å². The first-order valence-electron chi connectivity index (χ1n) is 11.0. The standard InChI is InChI=1S/C24H26ClN3O4S/c1-2-17-8-5-6-12-28(17)33(31,32)18-10-11-22-19(13-18)20(14-23(29)27-22)24(30)26-15-16-7-3-4-9-21(16)25/h3-4,7,9-11,13-14,17H,2,5-6,8,12,15H2,1H3,(H,26,30)(H,27,29). The molecule has 2 aromatic carbocycles. The van der Waals surface area contributed by atoms with Crippen LogP contribution in [0.15, 0.2) is 58.2 Å². The molecule has 7 nitrogen and oxygen atoms in total. The van der Waals surface area contributed by atoms with Crippen molar-refractivity contribution < 1.29 is 13.2 Å². The maximum Gasteiger partial charge on any atom is 0.252 e. The number of halogens is 1. The number of aromatic amines is 1. The lowest BCUT2D eigenvalue weighted by atomic mass is 10.0.